The first-order chi connectivity index (χ1) is 8.88. The Hall–Kier alpha value is -2.30. The fourth-order valence-corrected chi connectivity index (χ4v) is 1.74. The van der Waals surface area contributed by atoms with E-state index in [1.54, 1.807) is 26.3 Å². The number of hydrogen-bond acceptors (Lipinski definition) is 3. The van der Waals surface area contributed by atoms with Crippen LogP contribution in [0, 0.1) is 13.8 Å². The van der Waals surface area contributed by atoms with Gasteiger partial charge in [-0.05, 0) is 37.1 Å². The molecule has 0 heterocycles. The van der Waals surface area contributed by atoms with E-state index >= 15 is 0 Å². The van der Waals surface area contributed by atoms with Gasteiger partial charge in [-0.1, -0.05) is 0 Å². The number of rotatable bonds is 4. The number of carboxylic acids is 1. The molecule has 1 rings (SSSR count). The summed E-state index contributed by atoms with van der Waals surface area (Å²) in [6.45, 7) is 3.79. The van der Waals surface area contributed by atoms with Crippen molar-refractivity contribution in [3.05, 3.63) is 35.4 Å². The van der Waals surface area contributed by atoms with Gasteiger partial charge in [0.2, 0.25) is 0 Å². The topological polar surface area (TPSA) is 66.8 Å². The van der Waals surface area contributed by atoms with E-state index in [2.05, 4.69) is 0 Å². The number of nitrogens with zero attached hydrogens (tertiary/aromatic N) is 1. The van der Waals surface area contributed by atoms with Crippen LogP contribution in [-0.4, -0.2) is 31.1 Å². The van der Waals surface area contributed by atoms with Gasteiger partial charge < -0.3 is 14.7 Å². The molecule has 1 aromatic rings. The third-order valence-corrected chi connectivity index (χ3v) is 2.99. The lowest BCUT2D eigenvalue weighted by molar-refractivity contribution is -0.131. The number of carboxylic acid groups (broad SMARTS) is 1. The standard InChI is InChI=1S/C14H17NO4/c1-9-10(2)12(19-4)6-5-11(9)15(3)13(16)7-8-14(17)18/h5-8H,1-4H3,(H,17,18)/b8-7+. The molecule has 0 atom stereocenters. The van der Waals surface area contributed by atoms with Gasteiger partial charge in [0.25, 0.3) is 5.91 Å². The highest BCUT2D eigenvalue weighted by atomic mass is 16.5. The van der Waals surface area contributed by atoms with Crippen molar-refractivity contribution in [3.63, 3.8) is 0 Å². The molecule has 0 aliphatic heterocycles. The van der Waals surface area contributed by atoms with Crippen LogP contribution in [-0.2, 0) is 9.59 Å². The number of anilines is 1. The van der Waals surface area contributed by atoms with Crippen LogP contribution in [0.3, 0.4) is 0 Å². The monoisotopic (exact) mass is 263 g/mol. The average Bonchev–Trinajstić information content (AvgIpc) is 2.38. The number of benzene rings is 1. The number of amides is 1. The van der Waals surface area contributed by atoms with Gasteiger partial charge in [-0.15, -0.1) is 0 Å². The predicted molar refractivity (Wildman–Crippen MR) is 72.7 cm³/mol. The first-order valence-electron chi connectivity index (χ1n) is 5.71. The molecular formula is C14H17NO4. The Kier molecular flexibility index (Phi) is 4.69. The summed E-state index contributed by atoms with van der Waals surface area (Å²) in [7, 11) is 3.19. The molecule has 0 saturated carbocycles. The van der Waals surface area contributed by atoms with Gasteiger partial charge in [0, 0.05) is 24.9 Å². The lowest BCUT2D eigenvalue weighted by Gasteiger charge is -2.20. The van der Waals surface area contributed by atoms with E-state index in [0.29, 0.717) is 0 Å². The Morgan fingerprint density at radius 3 is 2.37 bits per heavy atom. The van der Waals surface area contributed by atoms with Crippen molar-refractivity contribution in [1.82, 2.24) is 0 Å². The van der Waals surface area contributed by atoms with E-state index < -0.39 is 11.9 Å². The van der Waals surface area contributed by atoms with Crippen molar-refractivity contribution in [2.24, 2.45) is 0 Å². The number of methoxy groups -OCH3 is 1. The van der Waals surface area contributed by atoms with E-state index in [9.17, 15) is 9.59 Å². The Balaban J connectivity index is 3.07. The fourth-order valence-electron chi connectivity index (χ4n) is 1.74. The third-order valence-electron chi connectivity index (χ3n) is 2.99. The number of hydrogen-bond donors (Lipinski definition) is 1. The largest absolute Gasteiger partial charge is 0.496 e. The maximum absolute atomic E-state index is 11.8. The molecule has 0 spiro atoms. The smallest absolute Gasteiger partial charge is 0.328 e. The van der Waals surface area contributed by atoms with Gasteiger partial charge in [-0.2, -0.15) is 0 Å². The zero-order valence-corrected chi connectivity index (χ0v) is 11.4. The number of carbonyl (C=O) groups is 2. The lowest BCUT2D eigenvalue weighted by atomic mass is 10.1. The summed E-state index contributed by atoms with van der Waals surface area (Å²) in [5.41, 5.74) is 2.58. The Bertz CT molecular complexity index is 534. The summed E-state index contributed by atoms with van der Waals surface area (Å²) in [4.78, 5) is 23.6. The van der Waals surface area contributed by atoms with Crippen molar-refractivity contribution >= 4 is 17.6 Å². The second-order valence-corrected chi connectivity index (χ2v) is 4.11. The molecule has 0 fully saturated rings. The van der Waals surface area contributed by atoms with Crippen LogP contribution in [0.5, 0.6) is 5.75 Å². The van der Waals surface area contributed by atoms with Gasteiger partial charge in [-0.25, -0.2) is 4.79 Å². The highest BCUT2D eigenvalue weighted by Gasteiger charge is 2.14. The summed E-state index contributed by atoms with van der Waals surface area (Å²) in [6.07, 6.45) is 1.85. The normalized spacial score (nSPS) is 10.5. The van der Waals surface area contributed by atoms with Crippen LogP contribution in [0.4, 0.5) is 5.69 Å². The van der Waals surface area contributed by atoms with Gasteiger partial charge >= 0.3 is 5.97 Å². The predicted octanol–water partition coefficient (Wildman–Crippen LogP) is 1.92. The van der Waals surface area contributed by atoms with Crippen molar-refractivity contribution in [1.29, 1.82) is 0 Å². The number of ether oxygens (including phenoxy) is 1. The van der Waals surface area contributed by atoms with E-state index in [1.807, 2.05) is 13.8 Å². The molecule has 102 valence electrons. The minimum atomic E-state index is -1.15. The zero-order chi connectivity index (χ0) is 14.6. The Morgan fingerprint density at radius 2 is 1.84 bits per heavy atom. The molecule has 0 aromatic heterocycles. The molecule has 0 aliphatic rings. The fraction of sp³-hybridized carbons (Fsp3) is 0.286. The molecule has 1 N–H and O–H groups in total. The molecule has 5 heteroatoms. The van der Waals surface area contributed by atoms with Crippen LogP contribution in [0.25, 0.3) is 0 Å². The summed E-state index contributed by atoms with van der Waals surface area (Å²) in [5.74, 6) is -0.789. The second-order valence-electron chi connectivity index (χ2n) is 4.11. The van der Waals surface area contributed by atoms with Crippen molar-refractivity contribution < 1.29 is 19.4 Å². The van der Waals surface area contributed by atoms with Crippen LogP contribution in [0.2, 0.25) is 0 Å². The average molecular weight is 263 g/mol. The number of carbonyl (C=O) groups excluding carboxylic acids is 1. The molecule has 19 heavy (non-hydrogen) atoms. The van der Waals surface area contributed by atoms with Crippen LogP contribution in [0.15, 0.2) is 24.3 Å². The van der Waals surface area contributed by atoms with Crippen molar-refractivity contribution in [2.75, 3.05) is 19.1 Å². The molecular weight excluding hydrogens is 246 g/mol. The maximum Gasteiger partial charge on any atom is 0.328 e. The van der Waals surface area contributed by atoms with Crippen LogP contribution >= 0.6 is 0 Å². The minimum absolute atomic E-state index is 0.393. The van der Waals surface area contributed by atoms with Gasteiger partial charge in [0.15, 0.2) is 0 Å². The molecule has 0 saturated heterocycles. The molecule has 0 bridgehead atoms. The van der Waals surface area contributed by atoms with Crippen molar-refractivity contribution in [2.45, 2.75) is 13.8 Å². The second kappa shape index (κ2) is 6.04. The van der Waals surface area contributed by atoms with Gasteiger partial charge in [0.1, 0.15) is 5.75 Å². The summed E-state index contributed by atoms with van der Waals surface area (Å²) >= 11 is 0. The molecule has 0 aliphatic carbocycles. The first-order valence-corrected chi connectivity index (χ1v) is 5.71. The quantitative estimate of drug-likeness (QED) is 0.843. The zero-order valence-electron chi connectivity index (χ0n) is 11.4. The SMILES string of the molecule is COc1ccc(N(C)C(=O)/C=C/C(=O)O)c(C)c1C. The van der Waals surface area contributed by atoms with Crippen molar-refractivity contribution in [3.8, 4) is 5.75 Å². The van der Waals surface area contributed by atoms with E-state index in [4.69, 9.17) is 9.84 Å². The first kappa shape index (κ1) is 14.8. The number of aliphatic carboxylic acids is 1. The van der Waals surface area contributed by atoms with Crippen LogP contribution < -0.4 is 9.64 Å². The molecule has 0 unspecified atom stereocenters. The highest BCUT2D eigenvalue weighted by Crippen LogP contribution is 2.29. The summed E-state index contributed by atoms with van der Waals surface area (Å²) in [6, 6.07) is 3.55. The molecule has 5 nitrogen and oxygen atoms in total. The highest BCUT2D eigenvalue weighted by molar-refractivity contribution is 6.04. The van der Waals surface area contributed by atoms with Crippen LogP contribution in [0.1, 0.15) is 11.1 Å². The van der Waals surface area contributed by atoms with Gasteiger partial charge in [0.05, 0.1) is 7.11 Å². The summed E-state index contributed by atoms with van der Waals surface area (Å²) < 4.78 is 5.20. The minimum Gasteiger partial charge on any atom is -0.496 e. The number of likely N-dealkylation sites (N-methyl/N-ethyl adjacent to an activating group) is 1. The van der Waals surface area contributed by atoms with E-state index in [-0.39, 0.29) is 0 Å². The third kappa shape index (κ3) is 3.34. The maximum atomic E-state index is 11.8. The van der Waals surface area contributed by atoms with E-state index in [1.165, 1.54) is 4.90 Å². The molecule has 1 amide bonds. The molecule has 1 aromatic carbocycles. The Labute approximate surface area is 112 Å². The summed E-state index contributed by atoms with van der Waals surface area (Å²) in [5, 5.41) is 8.51. The Morgan fingerprint density at radius 1 is 1.21 bits per heavy atom. The van der Waals surface area contributed by atoms with Gasteiger partial charge in [-0.3, -0.25) is 4.79 Å². The van der Waals surface area contributed by atoms with E-state index in [0.717, 1.165) is 34.7 Å². The lowest BCUT2D eigenvalue weighted by Crippen LogP contribution is -2.25. The molecule has 0 radical (unpaired) electrons.